The van der Waals surface area contributed by atoms with Crippen LogP contribution in [0.4, 0.5) is 0 Å². The number of nitrogens with one attached hydrogen (secondary N) is 2. The molecule has 0 aromatic heterocycles. The number of ether oxygens (including phenoxy) is 1. The van der Waals surface area contributed by atoms with Crippen molar-refractivity contribution < 1.29 is 9.53 Å². The summed E-state index contributed by atoms with van der Waals surface area (Å²) in [4.78, 5) is 12.3. The monoisotopic (exact) mass is 332 g/mol. The van der Waals surface area contributed by atoms with Crippen molar-refractivity contribution in [1.82, 2.24) is 10.6 Å². The van der Waals surface area contributed by atoms with Crippen molar-refractivity contribution in [3.63, 3.8) is 0 Å². The zero-order valence-electron chi connectivity index (χ0n) is 13.1. The van der Waals surface area contributed by atoms with Gasteiger partial charge in [0.05, 0.1) is 6.61 Å². The minimum atomic E-state index is -0.0353. The van der Waals surface area contributed by atoms with Gasteiger partial charge in [0, 0.05) is 32.3 Å². The van der Waals surface area contributed by atoms with Crippen LogP contribution in [0.1, 0.15) is 32.6 Å². The van der Waals surface area contributed by atoms with Gasteiger partial charge in [-0.05, 0) is 34.4 Å². The highest BCUT2D eigenvalue weighted by atomic mass is 35.5. The summed E-state index contributed by atoms with van der Waals surface area (Å²) in [6.07, 6.45) is 0. The van der Waals surface area contributed by atoms with E-state index in [9.17, 15) is 4.79 Å². The number of fused-ring (bicyclic) bond motifs is 1. The molecule has 0 radical (unpaired) electrons. The number of carbonyl (C=O) groups excluding carboxylic acids is 1. The minimum Gasteiger partial charge on any atom is -0.380 e. The average Bonchev–Trinajstić information content (AvgIpc) is 3.01. The van der Waals surface area contributed by atoms with E-state index in [0.29, 0.717) is 13.2 Å². The zero-order valence-corrected chi connectivity index (χ0v) is 13.9. The van der Waals surface area contributed by atoms with Gasteiger partial charge >= 0.3 is 0 Å². The molecule has 0 fully saturated rings. The molecule has 1 aliphatic heterocycles. The lowest BCUT2D eigenvalue weighted by Crippen LogP contribution is -2.23. The van der Waals surface area contributed by atoms with E-state index in [-0.39, 0.29) is 18.3 Å². The van der Waals surface area contributed by atoms with E-state index in [1.807, 2.05) is 36.4 Å². The molecule has 0 atom stereocenters. The van der Waals surface area contributed by atoms with Gasteiger partial charge < -0.3 is 15.4 Å². The number of methoxy groups -OCH3 is 1. The lowest BCUT2D eigenvalue weighted by atomic mass is 10.1. The van der Waals surface area contributed by atoms with Crippen molar-refractivity contribution in [3.8, 4) is 0 Å². The van der Waals surface area contributed by atoms with Crippen LogP contribution in [0.15, 0.2) is 42.5 Å². The molecular weight excluding hydrogens is 312 g/mol. The Balaban J connectivity index is 0.00000192. The van der Waals surface area contributed by atoms with Crippen LogP contribution in [0.3, 0.4) is 0 Å². The van der Waals surface area contributed by atoms with Gasteiger partial charge in [0.25, 0.3) is 5.91 Å². The van der Waals surface area contributed by atoms with Crippen LogP contribution in [0.25, 0.3) is 0 Å². The lowest BCUT2D eigenvalue weighted by Gasteiger charge is -2.08. The predicted molar refractivity (Wildman–Crippen MR) is 92.6 cm³/mol. The maximum absolute atomic E-state index is 12.3. The van der Waals surface area contributed by atoms with Gasteiger partial charge in [0.2, 0.25) is 0 Å². The second-order valence-electron chi connectivity index (χ2n) is 5.52. The van der Waals surface area contributed by atoms with Crippen molar-refractivity contribution in [3.05, 3.63) is 70.3 Å². The quantitative estimate of drug-likeness (QED) is 0.885. The first-order valence-electron chi connectivity index (χ1n) is 7.44. The second kappa shape index (κ2) is 8.11. The van der Waals surface area contributed by atoms with E-state index in [1.54, 1.807) is 7.11 Å². The third-order valence-electron chi connectivity index (χ3n) is 3.85. The predicted octanol–water partition coefficient (Wildman–Crippen LogP) is 2.79. The standard InChI is InChI=1S/C18H20N2O2.ClH/c1-22-12-14-4-2-3-13(7-14)9-20-18(21)15-5-6-16-10-19-11-17(16)8-15;/h2-8,19H,9-12H2,1H3,(H,20,21);1H. The molecule has 1 heterocycles. The van der Waals surface area contributed by atoms with Gasteiger partial charge in [-0.1, -0.05) is 30.3 Å². The van der Waals surface area contributed by atoms with Crippen LogP contribution < -0.4 is 10.6 Å². The highest BCUT2D eigenvalue weighted by molar-refractivity contribution is 5.94. The molecule has 5 heteroatoms. The van der Waals surface area contributed by atoms with E-state index >= 15 is 0 Å². The maximum Gasteiger partial charge on any atom is 0.251 e. The largest absolute Gasteiger partial charge is 0.380 e. The first-order chi connectivity index (χ1) is 10.8. The molecule has 0 saturated carbocycles. The molecule has 2 N–H and O–H groups in total. The van der Waals surface area contributed by atoms with Crippen LogP contribution in [-0.4, -0.2) is 13.0 Å². The van der Waals surface area contributed by atoms with E-state index in [2.05, 4.69) is 16.7 Å². The van der Waals surface area contributed by atoms with Gasteiger partial charge in [-0.3, -0.25) is 4.79 Å². The molecule has 1 aliphatic rings. The first kappa shape index (κ1) is 17.5. The van der Waals surface area contributed by atoms with Crippen LogP contribution in [0.5, 0.6) is 0 Å². The summed E-state index contributed by atoms with van der Waals surface area (Å²) in [5.41, 5.74) is 5.40. The molecule has 0 saturated heterocycles. The van der Waals surface area contributed by atoms with Crippen LogP contribution in [-0.2, 0) is 31.0 Å². The molecule has 2 aromatic carbocycles. The van der Waals surface area contributed by atoms with Crippen molar-refractivity contribution in [2.45, 2.75) is 26.2 Å². The molecular formula is C18H21ClN2O2. The Kier molecular flexibility index (Phi) is 6.16. The van der Waals surface area contributed by atoms with Crippen LogP contribution >= 0.6 is 12.4 Å². The van der Waals surface area contributed by atoms with Crippen LogP contribution in [0, 0.1) is 0 Å². The highest BCUT2D eigenvalue weighted by Gasteiger charge is 2.13. The number of carbonyl (C=O) groups is 1. The SMILES string of the molecule is COCc1cccc(CNC(=O)c2ccc3c(c2)CNC3)c1.Cl. The molecule has 0 aliphatic carbocycles. The van der Waals surface area contributed by atoms with Crippen molar-refractivity contribution in [1.29, 1.82) is 0 Å². The summed E-state index contributed by atoms with van der Waals surface area (Å²) in [5, 5.41) is 6.26. The number of hydrogen-bond acceptors (Lipinski definition) is 3. The van der Waals surface area contributed by atoms with E-state index in [1.165, 1.54) is 11.1 Å². The highest BCUT2D eigenvalue weighted by Crippen LogP contribution is 2.17. The Bertz CT molecular complexity index is 688. The molecule has 0 bridgehead atoms. The topological polar surface area (TPSA) is 50.4 Å². The molecule has 0 unspecified atom stereocenters. The molecule has 122 valence electrons. The minimum absolute atomic E-state index is 0. The molecule has 3 rings (SSSR count). The van der Waals surface area contributed by atoms with Crippen molar-refractivity contribution >= 4 is 18.3 Å². The summed E-state index contributed by atoms with van der Waals surface area (Å²) in [6, 6.07) is 14.0. The summed E-state index contributed by atoms with van der Waals surface area (Å²) < 4.78 is 5.13. The molecule has 2 aromatic rings. The normalized spacial score (nSPS) is 12.4. The fourth-order valence-electron chi connectivity index (χ4n) is 2.72. The summed E-state index contributed by atoms with van der Waals surface area (Å²) >= 11 is 0. The lowest BCUT2D eigenvalue weighted by molar-refractivity contribution is 0.0951. The average molecular weight is 333 g/mol. The fourth-order valence-corrected chi connectivity index (χ4v) is 2.72. The molecule has 4 nitrogen and oxygen atoms in total. The Labute approximate surface area is 142 Å². The van der Waals surface area contributed by atoms with E-state index < -0.39 is 0 Å². The van der Waals surface area contributed by atoms with Gasteiger partial charge in [0.15, 0.2) is 0 Å². The third-order valence-corrected chi connectivity index (χ3v) is 3.85. The zero-order chi connectivity index (χ0) is 15.4. The Morgan fingerprint density at radius 3 is 2.74 bits per heavy atom. The summed E-state index contributed by atoms with van der Waals surface area (Å²) in [5.74, 6) is -0.0353. The first-order valence-corrected chi connectivity index (χ1v) is 7.44. The van der Waals surface area contributed by atoms with Gasteiger partial charge in [-0.15, -0.1) is 12.4 Å². The Morgan fingerprint density at radius 2 is 1.91 bits per heavy atom. The van der Waals surface area contributed by atoms with Gasteiger partial charge in [-0.25, -0.2) is 0 Å². The van der Waals surface area contributed by atoms with E-state index in [4.69, 9.17) is 4.74 Å². The van der Waals surface area contributed by atoms with Crippen molar-refractivity contribution in [2.75, 3.05) is 7.11 Å². The molecule has 23 heavy (non-hydrogen) atoms. The maximum atomic E-state index is 12.3. The number of rotatable bonds is 5. The van der Waals surface area contributed by atoms with Gasteiger partial charge in [-0.2, -0.15) is 0 Å². The second-order valence-corrected chi connectivity index (χ2v) is 5.52. The third kappa shape index (κ3) is 4.32. The number of halogens is 1. The summed E-state index contributed by atoms with van der Waals surface area (Å²) in [6.45, 7) is 2.84. The number of amides is 1. The van der Waals surface area contributed by atoms with Crippen molar-refractivity contribution in [2.24, 2.45) is 0 Å². The molecule has 1 amide bonds. The smallest absolute Gasteiger partial charge is 0.251 e. The summed E-state index contributed by atoms with van der Waals surface area (Å²) in [7, 11) is 1.68. The fraction of sp³-hybridized carbons (Fsp3) is 0.278. The van der Waals surface area contributed by atoms with Gasteiger partial charge in [0.1, 0.15) is 0 Å². The molecule has 0 spiro atoms. The number of hydrogen-bond donors (Lipinski definition) is 2. The van der Waals surface area contributed by atoms with Crippen LogP contribution in [0.2, 0.25) is 0 Å². The number of benzene rings is 2. The Hall–Kier alpha value is -1.88. The van der Waals surface area contributed by atoms with E-state index in [0.717, 1.165) is 29.8 Å². The Morgan fingerprint density at radius 1 is 1.13 bits per heavy atom.